The molecule has 176 valence electrons. The highest BCUT2D eigenvalue weighted by atomic mass is 32.2. The van der Waals surface area contributed by atoms with Crippen LogP contribution in [0.5, 0.6) is 0 Å². The van der Waals surface area contributed by atoms with Crippen LogP contribution in [0.15, 0.2) is 95.9 Å². The number of amides is 1. The number of aliphatic hydroxyl groups is 1. The summed E-state index contributed by atoms with van der Waals surface area (Å²) in [5.41, 5.74) is 1.62. The molecule has 0 spiro atoms. The van der Waals surface area contributed by atoms with Crippen molar-refractivity contribution in [3.05, 3.63) is 102 Å². The van der Waals surface area contributed by atoms with Gasteiger partial charge >= 0.3 is 6.09 Å². The van der Waals surface area contributed by atoms with E-state index in [-0.39, 0.29) is 6.61 Å². The lowest BCUT2D eigenvalue weighted by Crippen LogP contribution is -2.59. The molecule has 1 amide bonds. The van der Waals surface area contributed by atoms with Gasteiger partial charge in [0, 0.05) is 11.4 Å². The Hall–Kier alpha value is -2.84. The molecule has 0 radical (unpaired) electrons. The number of hydrogen-bond acceptors (Lipinski definition) is 6. The lowest BCUT2D eigenvalue weighted by atomic mass is 9.97. The first-order valence-electron chi connectivity index (χ1n) is 11.4. The van der Waals surface area contributed by atoms with Gasteiger partial charge in [-0.25, -0.2) is 4.79 Å². The summed E-state index contributed by atoms with van der Waals surface area (Å²) in [6, 6.07) is 29.1. The fraction of sp³-hybridized carbons (Fsp3) is 0.296. The van der Waals surface area contributed by atoms with Crippen molar-refractivity contribution < 1.29 is 24.1 Å². The third-order valence-electron chi connectivity index (χ3n) is 6.06. The molecular formula is C27H27NO5S. The molecule has 2 aliphatic rings. The number of benzene rings is 3. The molecule has 0 aromatic heterocycles. The normalized spacial score (nSPS) is 26.2. The monoisotopic (exact) mass is 477 g/mol. The summed E-state index contributed by atoms with van der Waals surface area (Å²) < 4.78 is 18.0. The van der Waals surface area contributed by atoms with E-state index in [0.717, 1.165) is 16.0 Å². The average molecular weight is 478 g/mol. The summed E-state index contributed by atoms with van der Waals surface area (Å²) in [7, 11) is 0. The lowest BCUT2D eigenvalue weighted by Gasteiger charge is -2.42. The van der Waals surface area contributed by atoms with E-state index in [2.05, 4.69) is 0 Å². The van der Waals surface area contributed by atoms with Crippen LogP contribution in [0.25, 0.3) is 0 Å². The number of ether oxygens (including phenoxy) is 3. The minimum absolute atomic E-state index is 0.196. The van der Waals surface area contributed by atoms with Gasteiger partial charge in [0.2, 0.25) is 0 Å². The van der Waals surface area contributed by atoms with E-state index in [1.807, 2.05) is 91.0 Å². The second kappa shape index (κ2) is 10.6. The zero-order chi connectivity index (χ0) is 23.3. The molecule has 7 heteroatoms. The minimum atomic E-state index is -0.988. The number of rotatable bonds is 8. The fourth-order valence-electron chi connectivity index (χ4n) is 4.36. The SMILES string of the molecule is O=C1O[C@@H]2C(C(Sc3ccccc3)OC(COCc3ccccc3)[C@@H]2O)N1Cc1ccccc1. The molecular weight excluding hydrogens is 450 g/mol. The van der Waals surface area contributed by atoms with Crippen molar-refractivity contribution >= 4 is 17.9 Å². The van der Waals surface area contributed by atoms with Gasteiger partial charge < -0.3 is 19.3 Å². The van der Waals surface area contributed by atoms with E-state index in [0.29, 0.717) is 13.2 Å². The average Bonchev–Trinajstić information content (AvgIpc) is 3.20. The number of aliphatic hydroxyl groups excluding tert-OH is 1. The number of hydrogen-bond donors (Lipinski definition) is 1. The van der Waals surface area contributed by atoms with E-state index in [9.17, 15) is 9.90 Å². The molecule has 0 saturated carbocycles. The van der Waals surface area contributed by atoms with Crippen molar-refractivity contribution in [2.24, 2.45) is 0 Å². The van der Waals surface area contributed by atoms with Crippen molar-refractivity contribution in [1.82, 2.24) is 4.90 Å². The zero-order valence-electron chi connectivity index (χ0n) is 18.6. The van der Waals surface area contributed by atoms with Crippen LogP contribution in [-0.4, -0.2) is 52.5 Å². The van der Waals surface area contributed by atoms with Crippen molar-refractivity contribution in [2.75, 3.05) is 6.61 Å². The summed E-state index contributed by atoms with van der Waals surface area (Å²) in [4.78, 5) is 15.6. The second-order valence-corrected chi connectivity index (χ2v) is 9.59. The van der Waals surface area contributed by atoms with Gasteiger partial charge in [0.1, 0.15) is 23.7 Å². The van der Waals surface area contributed by atoms with E-state index >= 15 is 0 Å². The van der Waals surface area contributed by atoms with Crippen LogP contribution < -0.4 is 0 Å². The molecule has 3 unspecified atom stereocenters. The van der Waals surface area contributed by atoms with E-state index < -0.39 is 35.9 Å². The molecule has 3 aromatic carbocycles. The molecule has 2 aliphatic heterocycles. The van der Waals surface area contributed by atoms with E-state index in [4.69, 9.17) is 14.2 Å². The molecule has 0 aliphatic carbocycles. The van der Waals surface area contributed by atoms with Crippen molar-refractivity contribution in [3.63, 3.8) is 0 Å². The number of thioether (sulfide) groups is 1. The molecule has 6 nitrogen and oxygen atoms in total. The van der Waals surface area contributed by atoms with Crippen LogP contribution in [0.4, 0.5) is 4.79 Å². The smallest absolute Gasteiger partial charge is 0.411 e. The molecule has 1 N–H and O–H groups in total. The molecule has 2 saturated heterocycles. The summed E-state index contributed by atoms with van der Waals surface area (Å²) in [5, 5.41) is 11.1. The van der Waals surface area contributed by atoms with Crippen molar-refractivity contribution in [1.29, 1.82) is 0 Å². The topological polar surface area (TPSA) is 68.2 Å². The van der Waals surface area contributed by atoms with Crippen LogP contribution in [0.3, 0.4) is 0 Å². The third kappa shape index (κ3) is 5.13. The highest BCUT2D eigenvalue weighted by Crippen LogP contribution is 2.40. The van der Waals surface area contributed by atoms with E-state index in [1.54, 1.807) is 4.90 Å². The van der Waals surface area contributed by atoms with Crippen LogP contribution >= 0.6 is 11.8 Å². The molecule has 2 fully saturated rings. The Morgan fingerprint density at radius 2 is 1.50 bits per heavy atom. The maximum Gasteiger partial charge on any atom is 0.411 e. The molecule has 2 heterocycles. The number of carbonyl (C=O) groups excluding carboxylic acids is 1. The Bertz CT molecular complexity index is 1070. The van der Waals surface area contributed by atoms with Crippen molar-refractivity contribution in [2.45, 2.75) is 47.8 Å². The summed E-state index contributed by atoms with van der Waals surface area (Å²) >= 11 is 1.53. The molecule has 0 bridgehead atoms. The van der Waals surface area contributed by atoms with Gasteiger partial charge in [0.15, 0.2) is 6.10 Å². The highest BCUT2D eigenvalue weighted by Gasteiger charge is 2.56. The molecule has 34 heavy (non-hydrogen) atoms. The Morgan fingerprint density at radius 1 is 0.882 bits per heavy atom. The van der Waals surface area contributed by atoms with E-state index in [1.165, 1.54) is 11.8 Å². The third-order valence-corrected chi connectivity index (χ3v) is 7.22. The zero-order valence-corrected chi connectivity index (χ0v) is 19.4. The molecule has 5 rings (SSSR count). The standard InChI is InChI=1S/C27H27NO5S/c29-24-22(18-31-17-20-12-6-2-7-13-20)32-26(34-21-14-8-3-9-15-21)23-25(24)33-27(30)28(23)16-19-10-4-1-5-11-19/h1-15,22-26,29H,16-18H2/t22?,23?,24-,25+,26?/m0/s1. The summed E-state index contributed by atoms with van der Waals surface area (Å²) in [6.07, 6.45) is -2.74. The summed E-state index contributed by atoms with van der Waals surface area (Å²) in [5.74, 6) is 0. The largest absolute Gasteiger partial charge is 0.441 e. The first-order valence-corrected chi connectivity index (χ1v) is 12.2. The lowest BCUT2D eigenvalue weighted by molar-refractivity contribution is -0.169. The van der Waals surface area contributed by atoms with Crippen LogP contribution in [0, 0.1) is 0 Å². The van der Waals surface area contributed by atoms with Crippen LogP contribution in [-0.2, 0) is 27.4 Å². The Kier molecular flexibility index (Phi) is 7.16. The van der Waals surface area contributed by atoms with Gasteiger partial charge in [-0.05, 0) is 23.3 Å². The maximum atomic E-state index is 12.9. The number of nitrogens with zero attached hydrogens (tertiary/aromatic N) is 1. The van der Waals surface area contributed by atoms with Gasteiger partial charge in [0.05, 0.1) is 13.2 Å². The molecule has 5 atom stereocenters. The maximum absolute atomic E-state index is 12.9. The van der Waals surface area contributed by atoms with Gasteiger partial charge in [-0.15, -0.1) is 0 Å². The predicted octanol–water partition coefficient (Wildman–Crippen LogP) is 4.47. The van der Waals surface area contributed by atoms with Gasteiger partial charge in [0.25, 0.3) is 0 Å². The van der Waals surface area contributed by atoms with Crippen molar-refractivity contribution in [3.8, 4) is 0 Å². The number of carbonyl (C=O) groups is 1. The quantitative estimate of drug-likeness (QED) is 0.516. The van der Waals surface area contributed by atoms with Gasteiger partial charge in [-0.2, -0.15) is 0 Å². The first-order chi connectivity index (χ1) is 16.7. The Balaban J connectivity index is 1.35. The van der Waals surface area contributed by atoms with Gasteiger partial charge in [-0.1, -0.05) is 90.6 Å². The van der Waals surface area contributed by atoms with Crippen LogP contribution in [0.2, 0.25) is 0 Å². The highest BCUT2D eigenvalue weighted by molar-refractivity contribution is 7.99. The second-order valence-electron chi connectivity index (χ2n) is 8.42. The predicted molar refractivity (Wildman–Crippen MR) is 129 cm³/mol. The minimum Gasteiger partial charge on any atom is -0.441 e. The molecule has 3 aromatic rings. The Labute approximate surface area is 203 Å². The fourth-order valence-corrected chi connectivity index (χ4v) is 5.58. The first kappa shape index (κ1) is 22.9. The van der Waals surface area contributed by atoms with Crippen LogP contribution in [0.1, 0.15) is 11.1 Å². The Morgan fingerprint density at radius 3 is 2.18 bits per heavy atom. The van der Waals surface area contributed by atoms with Gasteiger partial charge in [-0.3, -0.25) is 4.90 Å². The number of fused-ring (bicyclic) bond motifs is 1. The summed E-state index contributed by atoms with van der Waals surface area (Å²) in [6.45, 7) is 0.997.